The molecule has 1 rings (SSSR count). The summed E-state index contributed by atoms with van der Waals surface area (Å²) in [7, 11) is -3.70. The monoisotopic (exact) mass is 248 g/mol. The lowest BCUT2D eigenvalue weighted by atomic mass is 10.6. The van der Waals surface area contributed by atoms with Crippen LogP contribution in [0.4, 0.5) is 5.69 Å². The molecule has 0 aliphatic rings. The number of rotatable bonds is 1. The molecule has 4 nitrogen and oxygen atoms in total. The van der Waals surface area contributed by atoms with Gasteiger partial charge in [0, 0.05) is 0 Å². The molecule has 0 fully saturated rings. The topological polar surface area (TPSA) is 86.2 Å². The highest BCUT2D eigenvalue weighted by atomic mass is 35.5. The number of anilines is 1. The molecule has 0 saturated carbocycles. The second-order valence-electron chi connectivity index (χ2n) is 1.84. The fourth-order valence-corrected chi connectivity index (χ4v) is 2.73. The van der Waals surface area contributed by atoms with Crippen LogP contribution in [0.1, 0.15) is 0 Å². The predicted octanol–water partition coefficient (Wildman–Crippen LogP) is 1.05. The molecule has 12 heavy (non-hydrogen) atoms. The zero-order valence-electron chi connectivity index (χ0n) is 5.65. The lowest BCUT2D eigenvalue weighted by Gasteiger charge is -1.91. The lowest BCUT2D eigenvalue weighted by molar-refractivity contribution is 0.600. The Morgan fingerprint density at radius 3 is 2.17 bits per heavy atom. The summed E-state index contributed by atoms with van der Waals surface area (Å²) < 4.78 is 21.7. The van der Waals surface area contributed by atoms with Gasteiger partial charge in [-0.25, -0.2) is 13.6 Å². The van der Waals surface area contributed by atoms with Crippen LogP contribution in [0.15, 0.2) is 10.3 Å². The Morgan fingerprint density at radius 1 is 1.50 bits per heavy atom. The molecule has 0 radical (unpaired) electrons. The summed E-state index contributed by atoms with van der Waals surface area (Å²) in [5.41, 5.74) is 5.39. The molecule has 0 atom stereocenters. The van der Waals surface area contributed by atoms with Gasteiger partial charge in [0.2, 0.25) is 10.0 Å². The van der Waals surface area contributed by atoms with E-state index in [4.69, 9.17) is 22.5 Å². The second kappa shape index (κ2) is 3.80. The Kier molecular flexibility index (Phi) is 3.80. The average Bonchev–Trinajstić information content (AvgIpc) is 2.08. The highest BCUT2D eigenvalue weighted by Crippen LogP contribution is 2.31. The highest BCUT2D eigenvalue weighted by molar-refractivity contribution is 7.91. The summed E-state index contributed by atoms with van der Waals surface area (Å²) in [6.45, 7) is 0. The van der Waals surface area contributed by atoms with Gasteiger partial charge in [0.1, 0.15) is 0 Å². The van der Waals surface area contributed by atoms with E-state index in [1.807, 2.05) is 0 Å². The number of hydrogen-bond acceptors (Lipinski definition) is 4. The van der Waals surface area contributed by atoms with E-state index in [2.05, 4.69) is 0 Å². The van der Waals surface area contributed by atoms with Gasteiger partial charge in [0.05, 0.1) is 10.0 Å². The summed E-state index contributed by atoms with van der Waals surface area (Å²) in [5, 5.41) is 4.81. The van der Waals surface area contributed by atoms with E-state index in [0.717, 1.165) is 11.3 Å². The first-order valence-electron chi connectivity index (χ1n) is 2.49. The molecule has 4 N–H and O–H groups in total. The number of nitrogens with two attached hydrogens (primary N) is 2. The molecule has 0 saturated heterocycles. The number of thiophene rings is 1. The Morgan fingerprint density at radius 2 is 2.00 bits per heavy atom. The van der Waals surface area contributed by atoms with Gasteiger partial charge in [-0.05, 0) is 6.07 Å². The zero-order chi connectivity index (χ0) is 8.65. The third-order valence-corrected chi connectivity index (χ3v) is 3.73. The Balaban J connectivity index is 0.00000121. The van der Waals surface area contributed by atoms with Crippen molar-refractivity contribution < 1.29 is 8.42 Å². The summed E-state index contributed by atoms with van der Waals surface area (Å²) in [5.74, 6) is 0. The van der Waals surface area contributed by atoms with Crippen molar-refractivity contribution in [3.8, 4) is 0 Å². The molecule has 70 valence electrons. The van der Waals surface area contributed by atoms with E-state index in [0.29, 0.717) is 4.34 Å². The van der Waals surface area contributed by atoms with E-state index in [-0.39, 0.29) is 22.3 Å². The van der Waals surface area contributed by atoms with E-state index in [9.17, 15) is 8.42 Å². The molecule has 1 aromatic rings. The van der Waals surface area contributed by atoms with Gasteiger partial charge in [0.25, 0.3) is 0 Å². The standard InChI is InChI=1S/C4H5ClN2O2S2.ClH/c5-3-1-2(6)4(10-3)11(7,8)9;/h1H,6H2,(H2,7,8,9);1H. The number of primary sulfonamides is 1. The number of halogens is 2. The van der Waals surface area contributed by atoms with Gasteiger partial charge in [0.15, 0.2) is 4.21 Å². The van der Waals surface area contributed by atoms with Gasteiger partial charge in [-0.2, -0.15) is 0 Å². The van der Waals surface area contributed by atoms with Crippen LogP contribution < -0.4 is 10.9 Å². The lowest BCUT2D eigenvalue weighted by Crippen LogP contribution is -2.11. The fourth-order valence-electron chi connectivity index (χ4n) is 0.580. The first-order chi connectivity index (χ1) is 4.91. The summed E-state index contributed by atoms with van der Waals surface area (Å²) in [6.07, 6.45) is 0. The molecular weight excluding hydrogens is 243 g/mol. The molecule has 0 spiro atoms. The Labute approximate surface area is 85.0 Å². The van der Waals surface area contributed by atoms with Gasteiger partial charge >= 0.3 is 0 Å². The van der Waals surface area contributed by atoms with Gasteiger partial charge in [-0.15, -0.1) is 23.7 Å². The van der Waals surface area contributed by atoms with Crippen molar-refractivity contribution in [1.82, 2.24) is 0 Å². The number of hydrogen-bond donors (Lipinski definition) is 2. The molecule has 0 aliphatic heterocycles. The van der Waals surface area contributed by atoms with Crippen molar-refractivity contribution in [2.24, 2.45) is 5.14 Å². The molecule has 0 amide bonds. The number of nitrogen functional groups attached to an aromatic ring is 1. The average molecular weight is 249 g/mol. The SMILES string of the molecule is Cl.Nc1cc(Cl)sc1S(N)(=O)=O. The van der Waals surface area contributed by atoms with Crippen molar-refractivity contribution in [3.63, 3.8) is 0 Å². The minimum absolute atomic E-state index is 0. The van der Waals surface area contributed by atoms with Gasteiger partial charge in [-0.1, -0.05) is 11.6 Å². The minimum atomic E-state index is -3.70. The van der Waals surface area contributed by atoms with Crippen LogP contribution in [0, 0.1) is 0 Å². The minimum Gasteiger partial charge on any atom is -0.397 e. The maximum absolute atomic E-state index is 10.7. The Hall–Kier alpha value is -0.0100. The first kappa shape index (κ1) is 12.0. The van der Waals surface area contributed by atoms with Crippen LogP contribution in [0.5, 0.6) is 0 Å². The predicted molar refractivity (Wildman–Crippen MR) is 52.4 cm³/mol. The van der Waals surface area contributed by atoms with Gasteiger partial charge < -0.3 is 5.73 Å². The van der Waals surface area contributed by atoms with Crippen LogP contribution in [0.3, 0.4) is 0 Å². The fraction of sp³-hybridized carbons (Fsp3) is 0. The van der Waals surface area contributed by atoms with Crippen LogP contribution in [0.2, 0.25) is 4.34 Å². The van der Waals surface area contributed by atoms with Crippen LogP contribution in [-0.2, 0) is 10.0 Å². The largest absolute Gasteiger partial charge is 0.397 e. The van der Waals surface area contributed by atoms with Crippen LogP contribution in [-0.4, -0.2) is 8.42 Å². The van der Waals surface area contributed by atoms with Crippen LogP contribution >= 0.6 is 35.3 Å². The maximum Gasteiger partial charge on any atom is 0.249 e. The van der Waals surface area contributed by atoms with Crippen molar-refractivity contribution in [2.75, 3.05) is 5.73 Å². The number of sulfonamides is 1. The third-order valence-electron chi connectivity index (χ3n) is 0.953. The van der Waals surface area contributed by atoms with Crippen LogP contribution in [0.25, 0.3) is 0 Å². The summed E-state index contributed by atoms with van der Waals surface area (Å²) in [4.78, 5) is 0. The van der Waals surface area contributed by atoms with Gasteiger partial charge in [-0.3, -0.25) is 0 Å². The molecule has 0 aromatic carbocycles. The van der Waals surface area contributed by atoms with E-state index in [1.165, 1.54) is 6.07 Å². The molecule has 0 bridgehead atoms. The quantitative estimate of drug-likeness (QED) is 0.779. The molecule has 1 aromatic heterocycles. The van der Waals surface area contributed by atoms with E-state index in [1.54, 1.807) is 0 Å². The van der Waals surface area contributed by atoms with Crippen molar-refractivity contribution >= 4 is 51.1 Å². The molecule has 0 unspecified atom stereocenters. The summed E-state index contributed by atoms with van der Waals surface area (Å²) in [6, 6.07) is 1.35. The second-order valence-corrected chi connectivity index (χ2v) is 5.28. The Bertz CT molecular complexity index is 372. The maximum atomic E-state index is 10.7. The molecule has 0 aliphatic carbocycles. The normalized spacial score (nSPS) is 10.8. The van der Waals surface area contributed by atoms with Crippen molar-refractivity contribution in [1.29, 1.82) is 0 Å². The summed E-state index contributed by atoms with van der Waals surface area (Å²) >= 11 is 6.34. The van der Waals surface area contributed by atoms with Crippen molar-refractivity contribution in [3.05, 3.63) is 10.4 Å². The first-order valence-corrected chi connectivity index (χ1v) is 5.23. The molecule has 1 heterocycles. The molecular formula is C4H6Cl2N2O2S2. The smallest absolute Gasteiger partial charge is 0.249 e. The molecule has 8 heteroatoms. The third kappa shape index (κ3) is 2.49. The van der Waals surface area contributed by atoms with Crippen molar-refractivity contribution in [2.45, 2.75) is 4.21 Å². The van der Waals surface area contributed by atoms with E-state index >= 15 is 0 Å². The highest BCUT2D eigenvalue weighted by Gasteiger charge is 2.15. The zero-order valence-corrected chi connectivity index (χ0v) is 8.86. The van der Waals surface area contributed by atoms with E-state index < -0.39 is 10.0 Å².